The van der Waals surface area contributed by atoms with Crippen molar-refractivity contribution in [1.29, 1.82) is 0 Å². The van der Waals surface area contributed by atoms with E-state index in [9.17, 15) is 0 Å². The maximum Gasteiger partial charge on any atom is 0.0272 e. The van der Waals surface area contributed by atoms with Crippen molar-refractivity contribution in [1.82, 2.24) is 0 Å². The summed E-state index contributed by atoms with van der Waals surface area (Å²) >= 11 is 1.74. The van der Waals surface area contributed by atoms with Gasteiger partial charge in [-0.2, -0.15) is 0 Å². The van der Waals surface area contributed by atoms with E-state index in [-0.39, 0.29) is 6.04 Å². The smallest absolute Gasteiger partial charge is 0.0272 e. The van der Waals surface area contributed by atoms with Crippen molar-refractivity contribution in [2.75, 3.05) is 0 Å². The van der Waals surface area contributed by atoms with Crippen LogP contribution in [0.5, 0.6) is 0 Å². The van der Waals surface area contributed by atoms with E-state index in [0.717, 1.165) is 0 Å². The molecule has 1 atom stereocenters. The normalized spacial score (nSPS) is 13.1. The van der Waals surface area contributed by atoms with Gasteiger partial charge in [0.2, 0.25) is 0 Å². The molecule has 0 aliphatic rings. The van der Waals surface area contributed by atoms with Crippen molar-refractivity contribution < 1.29 is 0 Å². The van der Waals surface area contributed by atoms with Crippen LogP contribution in [0.2, 0.25) is 0 Å². The Bertz CT molecular complexity index is 469. The van der Waals surface area contributed by atoms with Crippen molar-refractivity contribution in [2.45, 2.75) is 13.0 Å². The molecule has 0 fully saturated rings. The molecule has 1 aromatic heterocycles. The third-order valence-corrected chi connectivity index (χ3v) is 3.29. The maximum atomic E-state index is 5.93. The first-order valence-electron chi connectivity index (χ1n) is 5.33. The second-order valence-corrected chi connectivity index (χ2v) is 4.75. The molecule has 16 heavy (non-hydrogen) atoms. The fourth-order valence-electron chi connectivity index (χ4n) is 1.64. The fraction of sp³-hybridized carbons (Fsp3) is 0.143. The van der Waals surface area contributed by atoms with Gasteiger partial charge in [0.05, 0.1) is 0 Å². The molecule has 2 N–H and O–H groups in total. The monoisotopic (exact) mass is 229 g/mol. The lowest BCUT2D eigenvalue weighted by Gasteiger charge is -2.08. The average Bonchev–Trinajstić information content (AvgIpc) is 2.79. The summed E-state index contributed by atoms with van der Waals surface area (Å²) in [7, 11) is 0. The molecule has 82 valence electrons. The molecule has 0 saturated heterocycles. The van der Waals surface area contributed by atoms with E-state index in [1.807, 2.05) is 19.1 Å². The molecular formula is C14H15NS. The van der Waals surface area contributed by atoms with Crippen LogP contribution >= 0.6 is 11.3 Å². The molecule has 0 radical (unpaired) electrons. The Balaban J connectivity index is 2.27. The minimum Gasteiger partial charge on any atom is -0.324 e. The molecule has 2 aromatic rings. The standard InChI is InChI=1S/C14H15NS/c1-11(15)14-7-3-2-5-12(14)8-9-13-6-4-10-16-13/h2-11H,15H2,1H3/b9-8+/t11-/m0/s1. The van der Waals surface area contributed by atoms with E-state index in [1.165, 1.54) is 16.0 Å². The fourth-order valence-corrected chi connectivity index (χ4v) is 2.25. The Morgan fingerprint density at radius 1 is 1.12 bits per heavy atom. The van der Waals surface area contributed by atoms with E-state index >= 15 is 0 Å². The molecule has 0 aliphatic heterocycles. The van der Waals surface area contributed by atoms with Crippen LogP contribution in [0.4, 0.5) is 0 Å². The quantitative estimate of drug-likeness (QED) is 0.847. The zero-order valence-corrected chi connectivity index (χ0v) is 10.1. The minimum atomic E-state index is 0.0733. The van der Waals surface area contributed by atoms with Gasteiger partial charge in [0.25, 0.3) is 0 Å². The zero-order chi connectivity index (χ0) is 11.4. The number of hydrogen-bond acceptors (Lipinski definition) is 2. The first-order chi connectivity index (χ1) is 7.77. The molecule has 2 rings (SSSR count). The predicted octanol–water partition coefficient (Wildman–Crippen LogP) is 3.94. The Hall–Kier alpha value is -1.38. The summed E-state index contributed by atoms with van der Waals surface area (Å²) in [5, 5.41) is 2.08. The number of hydrogen-bond donors (Lipinski definition) is 1. The molecule has 1 heterocycles. The van der Waals surface area contributed by atoms with Gasteiger partial charge in [0, 0.05) is 10.9 Å². The van der Waals surface area contributed by atoms with E-state index < -0.39 is 0 Å². The van der Waals surface area contributed by atoms with Crippen LogP contribution in [0, 0.1) is 0 Å². The van der Waals surface area contributed by atoms with Crippen LogP contribution in [-0.4, -0.2) is 0 Å². The maximum absolute atomic E-state index is 5.93. The Kier molecular flexibility index (Phi) is 3.54. The van der Waals surface area contributed by atoms with Gasteiger partial charge >= 0.3 is 0 Å². The molecule has 2 heteroatoms. The van der Waals surface area contributed by atoms with Gasteiger partial charge in [-0.05, 0) is 35.6 Å². The number of rotatable bonds is 3. The first-order valence-corrected chi connectivity index (χ1v) is 6.21. The SMILES string of the molecule is C[C@H](N)c1ccccc1/C=C/c1cccs1. The highest BCUT2D eigenvalue weighted by Gasteiger charge is 2.02. The van der Waals surface area contributed by atoms with Crippen LogP contribution in [0.15, 0.2) is 41.8 Å². The Morgan fingerprint density at radius 2 is 1.94 bits per heavy atom. The first kappa shape index (κ1) is 11.1. The number of nitrogens with two attached hydrogens (primary N) is 1. The lowest BCUT2D eigenvalue weighted by Crippen LogP contribution is -2.06. The van der Waals surface area contributed by atoms with Gasteiger partial charge in [-0.15, -0.1) is 11.3 Å². The van der Waals surface area contributed by atoms with Crippen LogP contribution < -0.4 is 5.73 Å². The zero-order valence-electron chi connectivity index (χ0n) is 9.26. The lowest BCUT2D eigenvalue weighted by atomic mass is 10.0. The van der Waals surface area contributed by atoms with Gasteiger partial charge in [0.15, 0.2) is 0 Å². The molecule has 0 amide bonds. The summed E-state index contributed by atoms with van der Waals surface area (Å²) in [6.07, 6.45) is 4.26. The summed E-state index contributed by atoms with van der Waals surface area (Å²) in [5.41, 5.74) is 8.32. The minimum absolute atomic E-state index is 0.0733. The van der Waals surface area contributed by atoms with Crippen LogP contribution in [0.3, 0.4) is 0 Å². The third-order valence-electron chi connectivity index (χ3n) is 2.46. The van der Waals surface area contributed by atoms with E-state index in [4.69, 9.17) is 5.73 Å². The van der Waals surface area contributed by atoms with Crippen LogP contribution in [0.25, 0.3) is 12.2 Å². The van der Waals surface area contributed by atoms with Crippen molar-refractivity contribution in [3.8, 4) is 0 Å². The van der Waals surface area contributed by atoms with E-state index in [1.54, 1.807) is 11.3 Å². The van der Waals surface area contributed by atoms with Crippen molar-refractivity contribution in [2.24, 2.45) is 5.73 Å². The predicted molar refractivity (Wildman–Crippen MR) is 72.3 cm³/mol. The van der Waals surface area contributed by atoms with Crippen LogP contribution in [0.1, 0.15) is 29.0 Å². The van der Waals surface area contributed by atoms with Gasteiger partial charge in [0.1, 0.15) is 0 Å². The van der Waals surface area contributed by atoms with Gasteiger partial charge in [-0.1, -0.05) is 36.4 Å². The third kappa shape index (κ3) is 2.60. The topological polar surface area (TPSA) is 26.0 Å². The molecule has 1 nitrogen and oxygen atoms in total. The van der Waals surface area contributed by atoms with E-state index in [0.29, 0.717) is 0 Å². The Labute approximate surface area is 100 Å². The highest BCUT2D eigenvalue weighted by atomic mass is 32.1. The molecular weight excluding hydrogens is 214 g/mol. The van der Waals surface area contributed by atoms with Crippen molar-refractivity contribution in [3.05, 3.63) is 57.8 Å². The second-order valence-electron chi connectivity index (χ2n) is 3.77. The summed E-state index contributed by atoms with van der Waals surface area (Å²) in [6, 6.07) is 12.5. The average molecular weight is 229 g/mol. The summed E-state index contributed by atoms with van der Waals surface area (Å²) in [4.78, 5) is 1.26. The highest BCUT2D eigenvalue weighted by Crippen LogP contribution is 2.19. The number of benzene rings is 1. The summed E-state index contributed by atoms with van der Waals surface area (Å²) in [5.74, 6) is 0. The van der Waals surface area contributed by atoms with Crippen molar-refractivity contribution >= 4 is 23.5 Å². The molecule has 0 saturated carbocycles. The van der Waals surface area contributed by atoms with Gasteiger partial charge in [-0.3, -0.25) is 0 Å². The molecule has 0 spiro atoms. The largest absolute Gasteiger partial charge is 0.324 e. The summed E-state index contributed by atoms with van der Waals surface area (Å²) in [6.45, 7) is 2.01. The Morgan fingerprint density at radius 3 is 2.62 bits per heavy atom. The summed E-state index contributed by atoms with van der Waals surface area (Å²) < 4.78 is 0. The van der Waals surface area contributed by atoms with Crippen LogP contribution in [-0.2, 0) is 0 Å². The molecule has 0 aliphatic carbocycles. The molecule has 1 aromatic carbocycles. The number of thiophene rings is 1. The molecule has 0 bridgehead atoms. The second kappa shape index (κ2) is 5.10. The lowest BCUT2D eigenvalue weighted by molar-refractivity contribution is 0.816. The van der Waals surface area contributed by atoms with Gasteiger partial charge < -0.3 is 5.73 Å². The van der Waals surface area contributed by atoms with Gasteiger partial charge in [-0.25, -0.2) is 0 Å². The van der Waals surface area contributed by atoms with Crippen molar-refractivity contribution in [3.63, 3.8) is 0 Å². The molecule has 0 unspecified atom stereocenters. The highest BCUT2D eigenvalue weighted by molar-refractivity contribution is 7.10. The van der Waals surface area contributed by atoms with E-state index in [2.05, 4.69) is 41.8 Å².